The first-order chi connectivity index (χ1) is 13.8. The highest BCUT2D eigenvalue weighted by atomic mass is 35.5. The van der Waals surface area contributed by atoms with Crippen LogP contribution in [-0.2, 0) is 15.0 Å². The van der Waals surface area contributed by atoms with E-state index in [9.17, 15) is 18.3 Å². The average Bonchev–Trinajstić information content (AvgIpc) is 3.44. The number of nitrogens with zero attached hydrogens (tertiary/aromatic N) is 2. The number of piperazine rings is 1. The molecule has 154 valence electrons. The summed E-state index contributed by atoms with van der Waals surface area (Å²) < 4.78 is 29.7. The number of rotatable bonds is 6. The average molecular weight is 436 g/mol. The van der Waals surface area contributed by atoms with E-state index in [4.69, 9.17) is 11.6 Å². The van der Waals surface area contributed by atoms with E-state index in [0.29, 0.717) is 18.1 Å². The van der Waals surface area contributed by atoms with Crippen LogP contribution in [0, 0.1) is 0 Å². The highest BCUT2D eigenvalue weighted by Crippen LogP contribution is 2.52. The van der Waals surface area contributed by atoms with Crippen LogP contribution in [0.1, 0.15) is 17.9 Å². The standard InChI is InChI=1S/C20H22ClN3O4S/c21-16-7-4-8-17(13-16)23-9-11-24(12-10-23)29(27,28)22-20(19(25)26)14-18(20)15-5-2-1-3-6-15/h1-8,13,18,22H,9-12,14H2,(H,25,26)/t18-,20+/m0/s1. The van der Waals surface area contributed by atoms with Crippen molar-refractivity contribution < 1.29 is 18.3 Å². The molecule has 1 saturated carbocycles. The second-order valence-corrected chi connectivity index (χ2v) is 9.52. The molecule has 0 spiro atoms. The Morgan fingerprint density at radius 3 is 2.38 bits per heavy atom. The van der Waals surface area contributed by atoms with E-state index in [0.717, 1.165) is 11.3 Å². The van der Waals surface area contributed by atoms with Crippen molar-refractivity contribution in [3.63, 3.8) is 0 Å². The zero-order valence-corrected chi connectivity index (χ0v) is 17.2. The molecular formula is C20H22ClN3O4S. The summed E-state index contributed by atoms with van der Waals surface area (Å²) in [5.41, 5.74) is 0.281. The molecule has 29 heavy (non-hydrogen) atoms. The largest absolute Gasteiger partial charge is 0.480 e. The van der Waals surface area contributed by atoms with Crippen LogP contribution in [0.15, 0.2) is 54.6 Å². The maximum absolute atomic E-state index is 12.9. The Balaban J connectivity index is 1.45. The highest BCUT2D eigenvalue weighted by Gasteiger charge is 2.63. The number of nitrogens with one attached hydrogen (secondary N) is 1. The maximum Gasteiger partial charge on any atom is 0.325 e. The van der Waals surface area contributed by atoms with Crippen molar-refractivity contribution in [3.05, 3.63) is 65.2 Å². The van der Waals surface area contributed by atoms with Crippen LogP contribution in [0.4, 0.5) is 5.69 Å². The van der Waals surface area contributed by atoms with Crippen LogP contribution in [-0.4, -0.2) is 55.5 Å². The molecule has 0 amide bonds. The van der Waals surface area contributed by atoms with Crippen molar-refractivity contribution in [2.75, 3.05) is 31.1 Å². The summed E-state index contributed by atoms with van der Waals surface area (Å²) in [7, 11) is -3.93. The minimum absolute atomic E-state index is 0.244. The molecule has 9 heteroatoms. The minimum Gasteiger partial charge on any atom is -0.480 e. The minimum atomic E-state index is -3.93. The third-order valence-corrected chi connectivity index (χ3v) is 7.51. The van der Waals surface area contributed by atoms with Gasteiger partial charge in [0.2, 0.25) is 0 Å². The van der Waals surface area contributed by atoms with Gasteiger partial charge in [-0.1, -0.05) is 48.0 Å². The third kappa shape index (κ3) is 3.98. The second-order valence-electron chi connectivity index (χ2n) is 7.42. The summed E-state index contributed by atoms with van der Waals surface area (Å²) in [4.78, 5) is 14.0. The number of halogens is 1. The molecule has 0 aromatic heterocycles. The van der Waals surface area contributed by atoms with Crippen molar-refractivity contribution in [2.45, 2.75) is 17.9 Å². The molecule has 1 saturated heterocycles. The molecule has 1 heterocycles. The Morgan fingerprint density at radius 2 is 1.76 bits per heavy atom. The zero-order chi connectivity index (χ0) is 20.6. The highest BCUT2D eigenvalue weighted by molar-refractivity contribution is 7.87. The van der Waals surface area contributed by atoms with Gasteiger partial charge in [0, 0.05) is 42.8 Å². The van der Waals surface area contributed by atoms with E-state index in [2.05, 4.69) is 9.62 Å². The number of carboxylic acid groups (broad SMARTS) is 1. The lowest BCUT2D eigenvalue weighted by Gasteiger charge is -2.36. The van der Waals surface area contributed by atoms with Gasteiger partial charge in [-0.3, -0.25) is 4.79 Å². The molecule has 0 bridgehead atoms. The zero-order valence-electron chi connectivity index (χ0n) is 15.7. The predicted molar refractivity (Wildman–Crippen MR) is 111 cm³/mol. The fraction of sp³-hybridized carbons (Fsp3) is 0.350. The molecule has 7 nitrogen and oxygen atoms in total. The fourth-order valence-corrected chi connectivity index (χ4v) is 5.63. The van der Waals surface area contributed by atoms with Crippen molar-refractivity contribution in [1.82, 2.24) is 9.03 Å². The Kier molecular flexibility index (Phi) is 5.29. The molecule has 4 rings (SSSR count). The lowest BCUT2D eigenvalue weighted by molar-refractivity contribution is -0.140. The van der Waals surface area contributed by atoms with E-state index in [1.165, 1.54) is 4.31 Å². The number of anilines is 1. The lowest BCUT2D eigenvalue weighted by Crippen LogP contribution is -2.56. The number of hydrogen-bond acceptors (Lipinski definition) is 4. The summed E-state index contributed by atoms with van der Waals surface area (Å²) in [6, 6.07) is 16.6. The summed E-state index contributed by atoms with van der Waals surface area (Å²) in [6.07, 6.45) is 0.244. The van der Waals surface area contributed by atoms with Gasteiger partial charge in [-0.05, 0) is 30.2 Å². The molecule has 2 atom stereocenters. The number of benzene rings is 2. The molecule has 1 aliphatic carbocycles. The van der Waals surface area contributed by atoms with Crippen LogP contribution >= 0.6 is 11.6 Å². The third-order valence-electron chi connectivity index (χ3n) is 5.61. The van der Waals surface area contributed by atoms with E-state index < -0.39 is 21.7 Å². The second kappa shape index (κ2) is 7.60. The van der Waals surface area contributed by atoms with E-state index in [-0.39, 0.29) is 25.4 Å². The van der Waals surface area contributed by atoms with Crippen molar-refractivity contribution in [1.29, 1.82) is 0 Å². The van der Waals surface area contributed by atoms with Gasteiger partial charge in [0.1, 0.15) is 5.54 Å². The molecule has 1 aliphatic heterocycles. The molecule has 2 N–H and O–H groups in total. The SMILES string of the molecule is O=C(O)[C@@]1(NS(=O)(=O)N2CCN(c3cccc(Cl)c3)CC2)C[C@H]1c1ccccc1. The maximum atomic E-state index is 12.9. The monoisotopic (exact) mass is 435 g/mol. The Hall–Kier alpha value is -2.13. The van der Waals surface area contributed by atoms with Gasteiger partial charge in [-0.25, -0.2) is 0 Å². The number of aliphatic carboxylic acids is 1. The normalized spacial score (nSPS) is 25.0. The predicted octanol–water partition coefficient (Wildman–Crippen LogP) is 2.31. The quantitative estimate of drug-likeness (QED) is 0.726. The van der Waals surface area contributed by atoms with Gasteiger partial charge in [-0.15, -0.1) is 0 Å². The Labute approximate surface area is 175 Å². The first-order valence-corrected chi connectivity index (χ1v) is 11.2. The van der Waals surface area contributed by atoms with Crippen LogP contribution in [0.2, 0.25) is 5.02 Å². The molecule has 0 radical (unpaired) electrons. The van der Waals surface area contributed by atoms with Gasteiger partial charge >= 0.3 is 5.97 Å². The smallest absolute Gasteiger partial charge is 0.325 e. The number of carbonyl (C=O) groups is 1. The molecule has 2 aromatic rings. The molecular weight excluding hydrogens is 414 g/mol. The summed E-state index contributed by atoms with van der Waals surface area (Å²) in [5.74, 6) is -1.52. The van der Waals surface area contributed by atoms with Crippen LogP contribution in [0.25, 0.3) is 0 Å². The topological polar surface area (TPSA) is 89.9 Å². The van der Waals surface area contributed by atoms with Crippen LogP contribution in [0.5, 0.6) is 0 Å². The summed E-state index contributed by atoms with van der Waals surface area (Å²) in [6.45, 7) is 1.55. The molecule has 0 unspecified atom stereocenters. The van der Waals surface area contributed by atoms with Crippen molar-refractivity contribution in [2.24, 2.45) is 0 Å². The molecule has 2 fully saturated rings. The van der Waals surface area contributed by atoms with Crippen molar-refractivity contribution >= 4 is 33.5 Å². The number of carboxylic acids is 1. The van der Waals surface area contributed by atoms with Gasteiger partial charge in [-0.2, -0.15) is 17.4 Å². The van der Waals surface area contributed by atoms with Gasteiger partial charge in [0.15, 0.2) is 0 Å². The van der Waals surface area contributed by atoms with Gasteiger partial charge in [0.05, 0.1) is 0 Å². The number of hydrogen-bond donors (Lipinski definition) is 2. The van der Waals surface area contributed by atoms with E-state index in [1.54, 1.807) is 6.07 Å². The van der Waals surface area contributed by atoms with E-state index in [1.807, 2.05) is 48.5 Å². The van der Waals surface area contributed by atoms with Gasteiger partial charge < -0.3 is 10.0 Å². The summed E-state index contributed by atoms with van der Waals surface area (Å²) in [5, 5.41) is 10.4. The van der Waals surface area contributed by atoms with E-state index >= 15 is 0 Å². The van der Waals surface area contributed by atoms with Crippen LogP contribution < -0.4 is 9.62 Å². The van der Waals surface area contributed by atoms with Crippen molar-refractivity contribution in [3.8, 4) is 0 Å². The Morgan fingerprint density at radius 1 is 1.07 bits per heavy atom. The molecule has 2 aromatic carbocycles. The lowest BCUT2D eigenvalue weighted by atomic mass is 10.1. The van der Waals surface area contributed by atoms with Crippen LogP contribution in [0.3, 0.4) is 0 Å². The first-order valence-electron chi connectivity index (χ1n) is 9.40. The Bertz CT molecular complexity index is 1010. The van der Waals surface area contributed by atoms with Gasteiger partial charge in [0.25, 0.3) is 10.2 Å². The fourth-order valence-electron chi connectivity index (χ4n) is 3.90. The first kappa shape index (κ1) is 20.2. The molecule has 2 aliphatic rings. The summed E-state index contributed by atoms with van der Waals surface area (Å²) >= 11 is 6.04.